The predicted octanol–water partition coefficient (Wildman–Crippen LogP) is 0.550. The van der Waals surface area contributed by atoms with Crippen LogP contribution in [0.1, 0.15) is 16.1 Å². The van der Waals surface area contributed by atoms with Crippen LogP contribution in [-0.2, 0) is 30.9 Å². The number of ether oxygens (including phenoxy) is 2. The number of hydrogen-bond acceptors (Lipinski definition) is 8. The van der Waals surface area contributed by atoms with Gasteiger partial charge in [-0.25, -0.2) is 18.0 Å². The molecule has 0 radical (unpaired) electrons. The van der Waals surface area contributed by atoms with E-state index < -0.39 is 22.0 Å². The van der Waals surface area contributed by atoms with E-state index in [1.165, 1.54) is 16.3 Å². The Morgan fingerprint density at radius 2 is 1.77 bits per heavy atom. The SMILES string of the molecule is COc1cccc(C(=O)N(CCS(=O)(=O)N2CCOCC2)Cc2ccccn2)c1.O=C(O)C(=O)O. The number of carbonyl (C=O) groups is 3. The van der Waals surface area contributed by atoms with Crippen LogP contribution >= 0.6 is 0 Å². The van der Waals surface area contributed by atoms with Crippen molar-refractivity contribution in [1.82, 2.24) is 14.2 Å². The van der Waals surface area contributed by atoms with Gasteiger partial charge < -0.3 is 24.6 Å². The molecule has 2 N–H and O–H groups in total. The van der Waals surface area contributed by atoms with E-state index in [4.69, 9.17) is 29.3 Å². The van der Waals surface area contributed by atoms with Gasteiger partial charge in [0, 0.05) is 31.4 Å². The Labute approximate surface area is 202 Å². The summed E-state index contributed by atoms with van der Waals surface area (Å²) in [5, 5.41) is 14.8. The predicted molar refractivity (Wildman–Crippen MR) is 123 cm³/mol. The lowest BCUT2D eigenvalue weighted by molar-refractivity contribution is -0.159. The summed E-state index contributed by atoms with van der Waals surface area (Å²) in [6.45, 7) is 1.74. The molecule has 0 atom stereocenters. The number of aromatic nitrogens is 1. The quantitative estimate of drug-likeness (QED) is 0.480. The number of morpholine rings is 1. The van der Waals surface area contributed by atoms with Gasteiger partial charge in [0.25, 0.3) is 5.91 Å². The number of carboxylic acid groups (broad SMARTS) is 2. The number of nitrogens with zero attached hydrogens (tertiary/aromatic N) is 3. The van der Waals surface area contributed by atoms with Crippen molar-refractivity contribution in [1.29, 1.82) is 0 Å². The second-order valence-electron chi connectivity index (χ2n) is 7.22. The van der Waals surface area contributed by atoms with Crippen molar-refractivity contribution in [2.75, 3.05) is 45.7 Å². The lowest BCUT2D eigenvalue weighted by Gasteiger charge is -2.28. The molecule has 0 spiro atoms. The molecule has 12 nitrogen and oxygen atoms in total. The third-order valence-corrected chi connectivity index (χ3v) is 6.70. The summed E-state index contributed by atoms with van der Waals surface area (Å²) in [5.74, 6) is -3.51. The molecule has 1 aromatic heterocycles. The van der Waals surface area contributed by atoms with Gasteiger partial charge in [0.1, 0.15) is 5.75 Å². The molecule has 35 heavy (non-hydrogen) atoms. The van der Waals surface area contributed by atoms with Gasteiger partial charge in [0.2, 0.25) is 10.0 Å². The molecule has 2 heterocycles. The normalized spacial score (nSPS) is 13.7. The Kier molecular flexibility index (Phi) is 10.6. The minimum absolute atomic E-state index is 0.0618. The molecule has 1 fully saturated rings. The number of carboxylic acids is 2. The summed E-state index contributed by atoms with van der Waals surface area (Å²) in [6.07, 6.45) is 1.65. The number of amides is 1. The average Bonchev–Trinajstić information content (AvgIpc) is 2.87. The van der Waals surface area contributed by atoms with Crippen molar-refractivity contribution >= 4 is 27.9 Å². The van der Waals surface area contributed by atoms with Crippen LogP contribution < -0.4 is 4.74 Å². The van der Waals surface area contributed by atoms with Crippen molar-refractivity contribution < 1.29 is 42.5 Å². The molecular formula is C22H27N3O9S. The fraction of sp³-hybridized carbons (Fsp3) is 0.364. The lowest BCUT2D eigenvalue weighted by atomic mass is 10.2. The van der Waals surface area contributed by atoms with Gasteiger partial charge in [-0.2, -0.15) is 4.31 Å². The van der Waals surface area contributed by atoms with Crippen LogP contribution in [0.25, 0.3) is 0 Å². The Morgan fingerprint density at radius 3 is 2.34 bits per heavy atom. The maximum Gasteiger partial charge on any atom is 0.414 e. The number of carbonyl (C=O) groups excluding carboxylic acids is 1. The number of methoxy groups -OCH3 is 1. The summed E-state index contributed by atoms with van der Waals surface area (Å²) in [5.41, 5.74) is 1.12. The Balaban J connectivity index is 0.000000641. The maximum atomic E-state index is 13.1. The van der Waals surface area contributed by atoms with Gasteiger partial charge in [-0.15, -0.1) is 0 Å². The second-order valence-corrected chi connectivity index (χ2v) is 9.31. The minimum Gasteiger partial charge on any atom is -0.497 e. The van der Waals surface area contributed by atoms with Crippen molar-refractivity contribution in [3.05, 3.63) is 59.9 Å². The molecule has 1 aromatic carbocycles. The topological polar surface area (TPSA) is 164 Å². The summed E-state index contributed by atoms with van der Waals surface area (Å²) in [7, 11) is -1.95. The molecule has 0 saturated carbocycles. The number of hydrogen-bond donors (Lipinski definition) is 2. The van der Waals surface area contributed by atoms with Crippen LogP contribution in [-0.4, -0.2) is 96.4 Å². The Hall–Kier alpha value is -3.55. The first-order chi connectivity index (χ1) is 16.6. The molecule has 0 unspecified atom stereocenters. The first kappa shape index (κ1) is 27.7. The Bertz CT molecular complexity index is 1090. The van der Waals surface area contributed by atoms with Gasteiger partial charge >= 0.3 is 11.9 Å². The maximum absolute atomic E-state index is 13.1. The van der Waals surface area contributed by atoms with Crippen molar-refractivity contribution in [3.8, 4) is 5.75 Å². The standard InChI is InChI=1S/C20H25N3O5S.C2H2O4/c1-27-19-7-4-5-17(15-19)20(24)22(16-18-6-2-3-8-21-18)11-14-29(25,26)23-9-12-28-13-10-23;3-1(4)2(5)6/h2-8,15H,9-14,16H2,1H3;(H,3,4)(H,5,6). The van der Waals surface area contributed by atoms with Gasteiger partial charge in [-0.3, -0.25) is 9.78 Å². The van der Waals surface area contributed by atoms with Gasteiger partial charge in [-0.1, -0.05) is 12.1 Å². The van der Waals surface area contributed by atoms with E-state index in [1.54, 1.807) is 36.5 Å². The smallest absolute Gasteiger partial charge is 0.414 e. The third-order valence-electron chi connectivity index (χ3n) is 4.85. The first-order valence-electron chi connectivity index (χ1n) is 10.5. The third kappa shape index (κ3) is 8.96. The summed E-state index contributed by atoms with van der Waals surface area (Å²) in [4.78, 5) is 37.1. The zero-order valence-electron chi connectivity index (χ0n) is 19.1. The van der Waals surface area contributed by atoms with E-state index in [0.717, 1.165) is 0 Å². The van der Waals surface area contributed by atoms with Gasteiger partial charge in [0.15, 0.2) is 0 Å². The number of aliphatic carboxylic acids is 2. The fourth-order valence-electron chi connectivity index (χ4n) is 3.06. The zero-order valence-corrected chi connectivity index (χ0v) is 19.9. The molecule has 190 valence electrons. The molecule has 1 aliphatic heterocycles. The largest absolute Gasteiger partial charge is 0.497 e. The van der Waals surface area contributed by atoms with E-state index >= 15 is 0 Å². The average molecular weight is 510 g/mol. The summed E-state index contributed by atoms with van der Waals surface area (Å²) >= 11 is 0. The highest BCUT2D eigenvalue weighted by Gasteiger charge is 2.26. The van der Waals surface area contributed by atoms with Crippen molar-refractivity contribution in [2.45, 2.75) is 6.54 Å². The van der Waals surface area contributed by atoms with E-state index in [0.29, 0.717) is 43.3 Å². The number of pyridine rings is 1. The molecule has 2 aromatic rings. The van der Waals surface area contributed by atoms with Crippen LogP contribution in [0.2, 0.25) is 0 Å². The van der Waals surface area contributed by atoms with Crippen molar-refractivity contribution in [2.24, 2.45) is 0 Å². The number of sulfonamides is 1. The van der Waals surface area contributed by atoms with Gasteiger partial charge in [0.05, 0.1) is 38.3 Å². The monoisotopic (exact) mass is 509 g/mol. The minimum atomic E-state index is -3.48. The van der Waals surface area contributed by atoms with E-state index in [-0.39, 0.29) is 24.7 Å². The molecule has 3 rings (SSSR count). The van der Waals surface area contributed by atoms with E-state index in [1.807, 2.05) is 12.1 Å². The molecule has 1 saturated heterocycles. The summed E-state index contributed by atoms with van der Waals surface area (Å²) < 4.78 is 37.2. The Morgan fingerprint density at radius 1 is 1.09 bits per heavy atom. The molecule has 1 amide bonds. The van der Waals surface area contributed by atoms with Crippen LogP contribution in [0.3, 0.4) is 0 Å². The molecule has 0 bridgehead atoms. The number of benzene rings is 1. The molecule has 0 aliphatic carbocycles. The van der Waals surface area contributed by atoms with Crippen LogP contribution in [0, 0.1) is 0 Å². The van der Waals surface area contributed by atoms with E-state index in [9.17, 15) is 13.2 Å². The zero-order chi connectivity index (χ0) is 25.8. The van der Waals surface area contributed by atoms with Crippen LogP contribution in [0.4, 0.5) is 0 Å². The summed E-state index contributed by atoms with van der Waals surface area (Å²) in [6, 6.07) is 12.2. The van der Waals surface area contributed by atoms with Crippen molar-refractivity contribution in [3.63, 3.8) is 0 Å². The first-order valence-corrected chi connectivity index (χ1v) is 12.1. The fourth-order valence-corrected chi connectivity index (χ4v) is 4.47. The second kappa shape index (κ2) is 13.4. The van der Waals surface area contributed by atoms with Gasteiger partial charge in [-0.05, 0) is 30.3 Å². The highest BCUT2D eigenvalue weighted by atomic mass is 32.2. The highest BCUT2D eigenvalue weighted by Crippen LogP contribution is 2.16. The molecule has 13 heteroatoms. The van der Waals surface area contributed by atoms with Crippen LogP contribution in [0.5, 0.6) is 5.75 Å². The molecule has 1 aliphatic rings. The van der Waals surface area contributed by atoms with E-state index in [2.05, 4.69) is 4.98 Å². The lowest BCUT2D eigenvalue weighted by Crippen LogP contribution is -2.44. The highest BCUT2D eigenvalue weighted by molar-refractivity contribution is 7.89. The number of rotatable bonds is 8. The molecular weight excluding hydrogens is 482 g/mol. The van der Waals surface area contributed by atoms with Crippen LogP contribution in [0.15, 0.2) is 48.7 Å².